The number of aromatic nitrogens is 4. The topological polar surface area (TPSA) is 148 Å². The van der Waals surface area contributed by atoms with E-state index in [1.54, 1.807) is 6.07 Å². The van der Waals surface area contributed by atoms with Crippen molar-refractivity contribution < 1.29 is 14.5 Å². The molecule has 3 aromatic rings. The Kier molecular flexibility index (Phi) is 5.16. The highest BCUT2D eigenvalue weighted by Gasteiger charge is 2.23. The van der Waals surface area contributed by atoms with Gasteiger partial charge in [0.1, 0.15) is 23.6 Å². The van der Waals surface area contributed by atoms with Crippen molar-refractivity contribution in [2.75, 3.05) is 0 Å². The Morgan fingerprint density at radius 1 is 1.21 bits per heavy atom. The molecule has 0 aliphatic heterocycles. The molecule has 2 aromatic heterocycles. The lowest BCUT2D eigenvalue weighted by atomic mass is 10.1. The van der Waals surface area contributed by atoms with E-state index in [0.717, 1.165) is 5.56 Å². The molecule has 0 unspecified atom stereocenters. The normalized spacial score (nSPS) is 10.5. The second-order valence-electron chi connectivity index (χ2n) is 5.97. The lowest BCUT2D eigenvalue weighted by molar-refractivity contribution is -0.386. The van der Waals surface area contributed by atoms with E-state index in [4.69, 9.17) is 0 Å². The maximum atomic E-state index is 12.2. The molecule has 3 rings (SSSR count). The van der Waals surface area contributed by atoms with E-state index in [1.807, 2.05) is 30.3 Å². The van der Waals surface area contributed by atoms with Gasteiger partial charge in [0.25, 0.3) is 11.8 Å². The Morgan fingerprint density at radius 3 is 2.57 bits per heavy atom. The van der Waals surface area contributed by atoms with Gasteiger partial charge < -0.3 is 0 Å². The number of rotatable bonds is 5. The lowest BCUT2D eigenvalue weighted by Crippen LogP contribution is -2.43. The summed E-state index contributed by atoms with van der Waals surface area (Å²) in [5.74, 6) is -1.17. The van der Waals surface area contributed by atoms with Crippen LogP contribution in [0.1, 0.15) is 21.9 Å². The molecule has 2 amide bonds. The standard InChI is InChI=1S/C17H17N7O4/c1-10-16(24(27)28)11(2)23(22-10)9-15(25)20-21-17(26)14-8-13(18-19-14)12-6-4-3-5-7-12/h3-8H,9H2,1-2H3,(H,18,19)(H,20,25)(H,21,26). The summed E-state index contributed by atoms with van der Waals surface area (Å²) in [6.07, 6.45) is 0. The van der Waals surface area contributed by atoms with Crippen LogP contribution in [0.4, 0.5) is 5.69 Å². The number of amides is 2. The molecule has 11 heteroatoms. The van der Waals surface area contributed by atoms with Gasteiger partial charge in [0.15, 0.2) is 0 Å². The minimum absolute atomic E-state index is 0.136. The van der Waals surface area contributed by atoms with Gasteiger partial charge in [-0.2, -0.15) is 10.2 Å². The zero-order valence-electron chi connectivity index (χ0n) is 15.1. The molecule has 11 nitrogen and oxygen atoms in total. The Labute approximate surface area is 158 Å². The number of hydrogen-bond donors (Lipinski definition) is 3. The molecule has 0 saturated carbocycles. The van der Waals surface area contributed by atoms with E-state index in [9.17, 15) is 19.7 Å². The number of aromatic amines is 1. The first-order valence-electron chi connectivity index (χ1n) is 8.25. The number of nitrogens with one attached hydrogen (secondary N) is 3. The van der Waals surface area contributed by atoms with Crippen molar-refractivity contribution >= 4 is 17.5 Å². The number of nitrogens with zero attached hydrogens (tertiary/aromatic N) is 4. The van der Waals surface area contributed by atoms with E-state index in [1.165, 1.54) is 18.5 Å². The van der Waals surface area contributed by atoms with E-state index >= 15 is 0 Å². The van der Waals surface area contributed by atoms with Gasteiger partial charge in [-0.1, -0.05) is 30.3 Å². The Bertz CT molecular complexity index is 1040. The van der Waals surface area contributed by atoms with Crippen molar-refractivity contribution in [1.29, 1.82) is 0 Å². The quantitative estimate of drug-likeness (QED) is 0.446. The van der Waals surface area contributed by atoms with Crippen LogP contribution >= 0.6 is 0 Å². The number of H-pyrrole nitrogens is 1. The molecule has 0 bridgehead atoms. The smallest absolute Gasteiger partial charge is 0.272 e. The van der Waals surface area contributed by atoms with Crippen LogP contribution in [0.25, 0.3) is 11.3 Å². The molecular formula is C17H17N7O4. The number of benzene rings is 1. The van der Waals surface area contributed by atoms with Crippen molar-refractivity contribution in [1.82, 2.24) is 30.8 Å². The van der Waals surface area contributed by atoms with Gasteiger partial charge >= 0.3 is 5.69 Å². The van der Waals surface area contributed by atoms with Gasteiger partial charge in [0.05, 0.1) is 10.6 Å². The van der Waals surface area contributed by atoms with Crippen molar-refractivity contribution in [3.05, 3.63) is 63.6 Å². The molecule has 144 valence electrons. The highest BCUT2D eigenvalue weighted by molar-refractivity contribution is 5.94. The largest absolute Gasteiger partial charge is 0.312 e. The molecular weight excluding hydrogens is 366 g/mol. The van der Waals surface area contributed by atoms with Crippen LogP contribution in [0.2, 0.25) is 0 Å². The first-order chi connectivity index (χ1) is 13.4. The van der Waals surface area contributed by atoms with Crippen molar-refractivity contribution in [3.8, 4) is 11.3 Å². The summed E-state index contributed by atoms with van der Waals surface area (Å²) < 4.78 is 1.21. The third kappa shape index (κ3) is 3.87. The molecule has 0 radical (unpaired) electrons. The van der Waals surface area contributed by atoms with E-state index < -0.39 is 16.7 Å². The second-order valence-corrected chi connectivity index (χ2v) is 5.97. The summed E-state index contributed by atoms with van der Waals surface area (Å²) in [4.78, 5) is 34.6. The highest BCUT2D eigenvalue weighted by atomic mass is 16.6. The first-order valence-corrected chi connectivity index (χ1v) is 8.25. The van der Waals surface area contributed by atoms with Crippen LogP contribution in [-0.4, -0.2) is 36.7 Å². The molecule has 2 heterocycles. The molecule has 0 saturated heterocycles. The van der Waals surface area contributed by atoms with Gasteiger partial charge in [0, 0.05) is 5.56 Å². The van der Waals surface area contributed by atoms with Crippen LogP contribution in [0, 0.1) is 24.0 Å². The molecule has 0 atom stereocenters. The SMILES string of the molecule is Cc1nn(CC(=O)NNC(=O)c2cc(-c3ccccc3)n[nH]2)c(C)c1[N+](=O)[O-]. The third-order valence-electron chi connectivity index (χ3n) is 4.03. The van der Waals surface area contributed by atoms with Gasteiger partial charge in [-0.15, -0.1) is 0 Å². The highest BCUT2D eigenvalue weighted by Crippen LogP contribution is 2.21. The van der Waals surface area contributed by atoms with E-state index in [0.29, 0.717) is 5.69 Å². The van der Waals surface area contributed by atoms with Crippen molar-refractivity contribution in [3.63, 3.8) is 0 Å². The second kappa shape index (κ2) is 7.70. The summed E-state index contributed by atoms with van der Waals surface area (Å²) >= 11 is 0. The lowest BCUT2D eigenvalue weighted by Gasteiger charge is -2.07. The summed E-state index contributed by atoms with van der Waals surface area (Å²) in [6.45, 7) is 2.71. The molecule has 3 N–H and O–H groups in total. The maximum absolute atomic E-state index is 12.2. The number of hydrogen-bond acceptors (Lipinski definition) is 6. The predicted octanol–water partition coefficient (Wildman–Crippen LogP) is 1.26. The zero-order chi connectivity index (χ0) is 20.3. The molecule has 0 fully saturated rings. The Hall–Kier alpha value is -4.02. The van der Waals surface area contributed by atoms with Crippen molar-refractivity contribution in [2.45, 2.75) is 20.4 Å². The number of hydrazine groups is 1. The third-order valence-corrected chi connectivity index (χ3v) is 4.03. The number of nitro groups is 1. The van der Waals surface area contributed by atoms with Gasteiger partial charge in [-0.3, -0.25) is 40.3 Å². The van der Waals surface area contributed by atoms with Gasteiger partial charge in [0.2, 0.25) is 0 Å². The van der Waals surface area contributed by atoms with Crippen LogP contribution in [0.3, 0.4) is 0 Å². The average Bonchev–Trinajstić information content (AvgIpc) is 3.26. The monoisotopic (exact) mass is 383 g/mol. The van der Waals surface area contributed by atoms with Crippen molar-refractivity contribution in [2.24, 2.45) is 0 Å². The van der Waals surface area contributed by atoms with Gasteiger partial charge in [-0.05, 0) is 19.9 Å². The minimum atomic E-state index is -0.586. The molecule has 28 heavy (non-hydrogen) atoms. The van der Waals surface area contributed by atoms with E-state index in [-0.39, 0.29) is 29.3 Å². The first kappa shape index (κ1) is 18.8. The summed E-state index contributed by atoms with van der Waals surface area (Å²) in [7, 11) is 0. The Morgan fingerprint density at radius 2 is 1.93 bits per heavy atom. The molecule has 0 aliphatic rings. The van der Waals surface area contributed by atoms with Crippen LogP contribution in [0.5, 0.6) is 0 Å². The molecule has 0 spiro atoms. The Balaban J connectivity index is 1.59. The fraction of sp³-hybridized carbons (Fsp3) is 0.176. The average molecular weight is 383 g/mol. The minimum Gasteiger partial charge on any atom is -0.272 e. The maximum Gasteiger partial charge on any atom is 0.312 e. The van der Waals surface area contributed by atoms with Crippen LogP contribution in [-0.2, 0) is 11.3 Å². The number of carbonyl (C=O) groups excluding carboxylic acids is 2. The van der Waals surface area contributed by atoms with Crippen LogP contribution in [0.15, 0.2) is 36.4 Å². The molecule has 1 aromatic carbocycles. The molecule has 0 aliphatic carbocycles. The summed E-state index contributed by atoms with van der Waals surface area (Å²) in [5.41, 5.74) is 6.44. The van der Waals surface area contributed by atoms with Crippen LogP contribution < -0.4 is 10.9 Å². The summed E-state index contributed by atoms with van der Waals surface area (Å²) in [6, 6.07) is 10.8. The predicted molar refractivity (Wildman–Crippen MR) is 98.0 cm³/mol. The number of carbonyl (C=O) groups is 2. The fourth-order valence-electron chi connectivity index (χ4n) is 2.67. The summed E-state index contributed by atoms with van der Waals surface area (Å²) in [5, 5.41) is 21.7. The van der Waals surface area contributed by atoms with Gasteiger partial charge in [-0.25, -0.2) is 0 Å². The number of aryl methyl sites for hydroxylation is 1. The fourth-order valence-corrected chi connectivity index (χ4v) is 2.67. The zero-order valence-corrected chi connectivity index (χ0v) is 15.1. The van der Waals surface area contributed by atoms with E-state index in [2.05, 4.69) is 26.1 Å².